The molecule has 0 aromatic rings. The summed E-state index contributed by atoms with van der Waals surface area (Å²) in [5.41, 5.74) is 2.14. The molecule has 0 atom stereocenters. The summed E-state index contributed by atoms with van der Waals surface area (Å²) in [6.07, 6.45) is 0.794. The molecule has 4 nitrogen and oxygen atoms in total. The van der Waals surface area contributed by atoms with Gasteiger partial charge in [-0.1, -0.05) is 13.8 Å². The summed E-state index contributed by atoms with van der Waals surface area (Å²) in [4.78, 5) is 25.7. The first-order chi connectivity index (χ1) is 5.20. The van der Waals surface area contributed by atoms with E-state index in [0.29, 0.717) is 12.8 Å². The van der Waals surface area contributed by atoms with Crippen LogP contribution in [0.5, 0.6) is 0 Å². The maximum atomic E-state index is 10.6. The Kier molecular flexibility index (Phi) is 5.37. The highest BCUT2D eigenvalue weighted by atomic mass is 16.7. The average Bonchev–Trinajstić information content (AvgIpc) is 2.04. The molecule has 0 saturated carbocycles. The Labute approximate surface area is 67.4 Å². The van der Waals surface area contributed by atoms with Crippen molar-refractivity contribution in [3.05, 3.63) is 0 Å². The fourth-order valence-corrected chi connectivity index (χ4v) is 0.371. The predicted molar refractivity (Wildman–Crippen MR) is 41.8 cm³/mol. The first-order valence-electron chi connectivity index (χ1n) is 3.63. The van der Waals surface area contributed by atoms with Gasteiger partial charge >= 0.3 is 0 Å². The fourth-order valence-electron chi connectivity index (χ4n) is 0.371. The van der Waals surface area contributed by atoms with Crippen LogP contribution >= 0.6 is 0 Å². The molecule has 0 unspecified atom stereocenters. The lowest BCUT2D eigenvalue weighted by atomic mass is 10.3. The molecule has 0 aromatic carbocycles. The Hall–Kier alpha value is -0.900. The molecule has 0 aliphatic rings. The van der Waals surface area contributed by atoms with Crippen molar-refractivity contribution in [2.45, 2.75) is 26.7 Å². The van der Waals surface area contributed by atoms with Crippen molar-refractivity contribution in [1.29, 1.82) is 0 Å². The molecule has 0 aliphatic carbocycles. The highest BCUT2D eigenvalue weighted by Gasteiger charge is 1.99. The van der Waals surface area contributed by atoms with Crippen molar-refractivity contribution >= 4 is 11.7 Å². The molecule has 0 aromatic heterocycles. The van der Waals surface area contributed by atoms with E-state index in [4.69, 9.17) is 0 Å². The molecule has 0 rings (SSSR count). The van der Waals surface area contributed by atoms with Crippen molar-refractivity contribution in [1.82, 2.24) is 5.48 Å². The summed E-state index contributed by atoms with van der Waals surface area (Å²) >= 11 is 0. The third-order valence-corrected chi connectivity index (χ3v) is 1.13. The molecule has 4 heteroatoms. The Morgan fingerprint density at radius 2 is 2.00 bits per heavy atom. The van der Waals surface area contributed by atoms with Crippen LogP contribution in [-0.4, -0.2) is 18.3 Å². The second-order valence-electron chi connectivity index (χ2n) is 2.06. The van der Waals surface area contributed by atoms with E-state index < -0.39 is 0 Å². The predicted octanol–water partition coefficient (Wildman–Crippen LogP) is 0.669. The van der Waals surface area contributed by atoms with Gasteiger partial charge in [-0.15, -0.1) is 0 Å². The van der Waals surface area contributed by atoms with Crippen LogP contribution in [0.2, 0.25) is 0 Å². The normalized spacial score (nSPS) is 9.27. The second-order valence-corrected chi connectivity index (χ2v) is 2.06. The van der Waals surface area contributed by atoms with E-state index in [9.17, 15) is 9.59 Å². The largest absolute Gasteiger partial charge is 0.297 e. The molecule has 0 heterocycles. The first kappa shape index (κ1) is 10.1. The molecule has 0 radical (unpaired) electrons. The van der Waals surface area contributed by atoms with Gasteiger partial charge in [0.2, 0.25) is 5.91 Å². The topological polar surface area (TPSA) is 55.4 Å². The van der Waals surface area contributed by atoms with Crippen molar-refractivity contribution < 1.29 is 15.9 Å². The molecule has 0 bridgehead atoms. The highest BCUT2D eigenvalue weighted by molar-refractivity contribution is 5.79. The molecule has 1 N–H and O–H groups in total. The minimum atomic E-state index is -0.214. The Bertz CT molecular complexity index is 134. The number of carbonyl (C=O) groups is 2. The fraction of sp³-hybridized carbons (Fsp3) is 0.714. The van der Waals surface area contributed by atoms with Crippen molar-refractivity contribution in [2.75, 3.05) is 6.61 Å². The van der Waals surface area contributed by atoms with Crippen LogP contribution in [0.15, 0.2) is 0 Å². The average molecular weight is 161 g/mol. The van der Waals surface area contributed by atoms with Crippen LogP contribution < -0.4 is 5.48 Å². The van der Waals surface area contributed by atoms with Crippen LogP contribution in [0.1, 0.15) is 28.1 Å². The van der Waals surface area contributed by atoms with Crippen LogP contribution in [0, 0.1) is 0 Å². The number of carbonyl (C=O) groups excluding carboxylic acids is 2. The maximum Gasteiger partial charge on any atom is 0.243 e. The summed E-state index contributed by atoms with van der Waals surface area (Å²) in [5.74, 6) is -0.240. The number of hydrogen-bond acceptors (Lipinski definition) is 3. The van der Waals surface area contributed by atoms with E-state index in [0.717, 1.165) is 0 Å². The number of hydrogen-bond donors (Lipinski definition) is 1. The molecule has 0 saturated heterocycles. The zero-order valence-corrected chi connectivity index (χ0v) is 6.85. The molecule has 0 fully saturated rings. The molecule has 66 valence electrons. The number of nitrogens with one attached hydrogen (secondary N) is 1. The van der Waals surface area contributed by atoms with E-state index in [2.05, 4.69) is 10.3 Å². The van der Waals surface area contributed by atoms with Gasteiger partial charge in [-0.2, -0.15) is 0 Å². The molecule has 11 heavy (non-hydrogen) atoms. The summed E-state index contributed by atoms with van der Waals surface area (Å²) in [5, 5.41) is 0. The van der Waals surface area contributed by atoms with Crippen molar-refractivity contribution in [3.63, 3.8) is 0 Å². The van der Waals surface area contributed by atoms with E-state index in [1.54, 1.807) is 13.8 Å². The Morgan fingerprint density at radius 3 is 2.45 bits per heavy atom. The molecule has 0 spiro atoms. The smallest absolute Gasteiger partial charge is 0.243 e. The quantitative estimate of drug-likeness (QED) is 0.603. The number of Topliss-reactive ketones (excluding diaryl/α,β-unsaturated/α-hetero) is 1. The number of ketones is 1. The molecular formula is C7H15NO3. The molecule has 0 aliphatic heterocycles. The monoisotopic (exact) mass is 161 g/mol. The van der Waals surface area contributed by atoms with Gasteiger partial charge in [-0.05, 0) is 0 Å². The van der Waals surface area contributed by atoms with Gasteiger partial charge in [0.25, 0.3) is 0 Å². The second kappa shape index (κ2) is 5.85. The van der Waals surface area contributed by atoms with Gasteiger partial charge in [-0.25, -0.2) is 5.48 Å². The summed E-state index contributed by atoms with van der Waals surface area (Å²) in [6.45, 7) is 3.41. The molecule has 1 amide bonds. The lowest BCUT2D eigenvalue weighted by Crippen LogP contribution is -2.25. The van der Waals surface area contributed by atoms with Crippen molar-refractivity contribution in [2.24, 2.45) is 0 Å². The Balaban J connectivity index is 0. The number of amides is 1. The van der Waals surface area contributed by atoms with E-state index in [1.807, 2.05) is 0 Å². The van der Waals surface area contributed by atoms with Gasteiger partial charge in [0, 0.05) is 14.3 Å². The van der Waals surface area contributed by atoms with E-state index in [1.165, 1.54) is 0 Å². The third kappa shape index (κ3) is 5.54. The van der Waals surface area contributed by atoms with Gasteiger partial charge in [0.1, 0.15) is 6.61 Å². The van der Waals surface area contributed by atoms with Crippen LogP contribution in [0.25, 0.3) is 0 Å². The highest BCUT2D eigenvalue weighted by Crippen LogP contribution is 1.81. The Morgan fingerprint density at radius 1 is 1.36 bits per heavy atom. The van der Waals surface area contributed by atoms with Crippen molar-refractivity contribution in [3.8, 4) is 0 Å². The zero-order chi connectivity index (χ0) is 8.69. The van der Waals surface area contributed by atoms with Crippen LogP contribution in [-0.2, 0) is 14.4 Å². The van der Waals surface area contributed by atoms with E-state index in [-0.39, 0.29) is 19.7 Å². The lowest BCUT2D eigenvalue weighted by molar-refractivity contribution is -0.137. The summed E-state index contributed by atoms with van der Waals surface area (Å²) in [6, 6.07) is 0. The zero-order valence-electron chi connectivity index (χ0n) is 6.85. The van der Waals surface area contributed by atoms with Gasteiger partial charge < -0.3 is 0 Å². The maximum absolute atomic E-state index is 10.6. The summed E-state index contributed by atoms with van der Waals surface area (Å²) < 4.78 is 0. The van der Waals surface area contributed by atoms with Gasteiger partial charge in [-0.3, -0.25) is 14.4 Å². The summed E-state index contributed by atoms with van der Waals surface area (Å²) in [7, 11) is 0. The first-order valence-corrected chi connectivity index (χ1v) is 3.63. The molecular weight excluding hydrogens is 146 g/mol. The minimum absolute atomic E-state index is 0. The van der Waals surface area contributed by atoms with Gasteiger partial charge in [0.05, 0.1) is 0 Å². The SMILES string of the molecule is CCC(=O)CONC(=O)CC.[HH]. The number of hydroxylamine groups is 1. The standard InChI is InChI=1S/C7H13NO3.H2/c1-3-6(9)5-11-8-7(10)4-2;/h3-5H2,1-2H3,(H,8,10);1H. The minimum Gasteiger partial charge on any atom is -0.297 e. The number of rotatable bonds is 5. The lowest BCUT2D eigenvalue weighted by Gasteiger charge is -2.01. The van der Waals surface area contributed by atoms with Gasteiger partial charge in [0.15, 0.2) is 5.78 Å². The van der Waals surface area contributed by atoms with E-state index >= 15 is 0 Å². The third-order valence-electron chi connectivity index (χ3n) is 1.13. The van der Waals surface area contributed by atoms with Crippen LogP contribution in [0.3, 0.4) is 0 Å². The van der Waals surface area contributed by atoms with Crippen LogP contribution in [0.4, 0.5) is 0 Å².